The van der Waals surface area contributed by atoms with Crippen LogP contribution < -0.4 is 27.2 Å². The van der Waals surface area contributed by atoms with E-state index in [1.54, 1.807) is 0 Å². The average Bonchev–Trinajstić information content (AvgIpc) is 2.70. The van der Waals surface area contributed by atoms with Gasteiger partial charge in [-0.3, -0.25) is 0 Å². The molecule has 0 saturated heterocycles. The Morgan fingerprint density at radius 1 is 1.22 bits per heavy atom. The van der Waals surface area contributed by atoms with Gasteiger partial charge in [-0.05, 0) is 23.6 Å². The molecule has 4 nitrogen and oxygen atoms in total. The van der Waals surface area contributed by atoms with Gasteiger partial charge >= 0.3 is 0 Å². The van der Waals surface area contributed by atoms with Gasteiger partial charge in [-0.25, -0.2) is 0 Å². The molecule has 0 radical (unpaired) electrons. The summed E-state index contributed by atoms with van der Waals surface area (Å²) in [6.45, 7) is 3.32. The molecular formula is C13H16ClNO3. The normalized spacial score (nSPS) is 23.9. The molecule has 2 N–H and O–H groups in total. The molecule has 3 aliphatic heterocycles. The minimum Gasteiger partial charge on any atom is -1.00 e. The van der Waals surface area contributed by atoms with Crippen LogP contribution in [0.4, 0.5) is 0 Å². The van der Waals surface area contributed by atoms with Crippen molar-refractivity contribution < 1.29 is 31.9 Å². The second-order valence-electron chi connectivity index (χ2n) is 4.83. The Morgan fingerprint density at radius 3 is 3.11 bits per heavy atom. The van der Waals surface area contributed by atoms with Crippen molar-refractivity contribution in [3.05, 3.63) is 22.8 Å². The van der Waals surface area contributed by atoms with Crippen molar-refractivity contribution in [3.63, 3.8) is 0 Å². The Hall–Kier alpha value is -0.970. The lowest BCUT2D eigenvalue weighted by Crippen LogP contribution is -3.00. The van der Waals surface area contributed by atoms with E-state index in [9.17, 15) is 0 Å². The van der Waals surface area contributed by atoms with Crippen LogP contribution in [0, 0.1) is 0 Å². The van der Waals surface area contributed by atoms with Crippen molar-refractivity contribution in [3.8, 4) is 11.5 Å². The van der Waals surface area contributed by atoms with Crippen molar-refractivity contribution in [2.45, 2.75) is 18.9 Å². The molecule has 5 heteroatoms. The third-order valence-electron chi connectivity index (χ3n) is 3.88. The molecule has 0 fully saturated rings. The lowest BCUT2D eigenvalue weighted by molar-refractivity contribution is -0.660. The summed E-state index contributed by atoms with van der Waals surface area (Å²) >= 11 is 0. The van der Waals surface area contributed by atoms with E-state index in [0.29, 0.717) is 6.79 Å². The molecule has 4 rings (SSSR count). The van der Waals surface area contributed by atoms with E-state index >= 15 is 0 Å². The van der Waals surface area contributed by atoms with Crippen molar-refractivity contribution in [2.75, 3.05) is 26.5 Å². The van der Waals surface area contributed by atoms with E-state index in [2.05, 4.69) is 11.4 Å². The van der Waals surface area contributed by atoms with Gasteiger partial charge in [0.25, 0.3) is 0 Å². The van der Waals surface area contributed by atoms with Crippen LogP contribution >= 0.6 is 0 Å². The van der Waals surface area contributed by atoms with E-state index in [-0.39, 0.29) is 18.5 Å². The Labute approximate surface area is 112 Å². The zero-order valence-electron chi connectivity index (χ0n) is 10.1. The minimum atomic E-state index is 0. The Morgan fingerprint density at radius 2 is 2.17 bits per heavy atom. The number of nitrogens with two attached hydrogens (primary N) is 1. The fourth-order valence-electron chi connectivity index (χ4n) is 3.14. The Balaban J connectivity index is 0.000001000. The molecule has 1 atom stereocenters. The van der Waals surface area contributed by atoms with Gasteiger partial charge in [0.15, 0.2) is 11.5 Å². The summed E-state index contributed by atoms with van der Waals surface area (Å²) in [6.07, 6.45) is 2.29. The van der Waals surface area contributed by atoms with E-state index in [1.165, 1.54) is 16.7 Å². The number of halogens is 1. The zero-order chi connectivity index (χ0) is 11.2. The summed E-state index contributed by atoms with van der Waals surface area (Å²) in [4.78, 5) is 0. The summed E-state index contributed by atoms with van der Waals surface area (Å²) in [5.74, 6) is 1.90. The van der Waals surface area contributed by atoms with E-state index in [1.807, 2.05) is 0 Å². The number of rotatable bonds is 0. The van der Waals surface area contributed by atoms with Crippen molar-refractivity contribution in [2.24, 2.45) is 0 Å². The largest absolute Gasteiger partial charge is 1.00 e. The zero-order valence-corrected chi connectivity index (χ0v) is 10.8. The van der Waals surface area contributed by atoms with Gasteiger partial charge in [0.1, 0.15) is 12.6 Å². The van der Waals surface area contributed by atoms with Gasteiger partial charge < -0.3 is 31.9 Å². The van der Waals surface area contributed by atoms with Crippen LogP contribution in [0.1, 0.15) is 22.8 Å². The van der Waals surface area contributed by atoms with Gasteiger partial charge in [-0.2, -0.15) is 0 Å². The highest BCUT2D eigenvalue weighted by Gasteiger charge is 2.33. The van der Waals surface area contributed by atoms with E-state index in [4.69, 9.17) is 14.2 Å². The molecule has 0 bridgehead atoms. The number of hydrogen-bond donors (Lipinski definition) is 1. The third kappa shape index (κ3) is 1.67. The number of ether oxygens (including phenoxy) is 3. The molecule has 1 aromatic carbocycles. The molecule has 3 aliphatic rings. The Kier molecular flexibility index (Phi) is 3.09. The lowest BCUT2D eigenvalue weighted by atomic mass is 9.91. The van der Waals surface area contributed by atoms with Gasteiger partial charge in [-0.15, -0.1) is 0 Å². The minimum absolute atomic E-state index is 0. The van der Waals surface area contributed by atoms with Crippen molar-refractivity contribution in [1.82, 2.24) is 0 Å². The quantitative estimate of drug-likeness (QED) is 0.552. The second-order valence-corrected chi connectivity index (χ2v) is 4.83. The Bertz CT molecular complexity index is 478. The van der Waals surface area contributed by atoms with E-state index in [0.717, 1.165) is 44.0 Å². The maximum atomic E-state index is 5.90. The van der Waals surface area contributed by atoms with Gasteiger partial charge in [0, 0.05) is 12.0 Å². The highest BCUT2D eigenvalue weighted by atomic mass is 35.5. The number of benzene rings is 1. The maximum absolute atomic E-state index is 5.90. The van der Waals surface area contributed by atoms with Crippen LogP contribution in [-0.2, 0) is 17.6 Å². The summed E-state index contributed by atoms with van der Waals surface area (Å²) in [5.41, 5.74) is 4.11. The molecule has 0 aromatic heterocycles. The molecule has 0 saturated carbocycles. The summed E-state index contributed by atoms with van der Waals surface area (Å²) in [6, 6.07) is 2.15. The predicted octanol–water partition coefficient (Wildman–Crippen LogP) is -2.85. The van der Waals surface area contributed by atoms with Crippen LogP contribution in [0.2, 0.25) is 0 Å². The lowest BCUT2D eigenvalue weighted by Gasteiger charge is -2.26. The summed E-state index contributed by atoms with van der Waals surface area (Å²) in [7, 11) is 0. The molecule has 0 spiro atoms. The highest BCUT2D eigenvalue weighted by Crippen LogP contribution is 2.44. The van der Waals surface area contributed by atoms with Crippen LogP contribution in [-0.4, -0.2) is 26.5 Å². The monoisotopic (exact) mass is 269 g/mol. The topological polar surface area (TPSA) is 44.3 Å². The first-order valence-corrected chi connectivity index (χ1v) is 6.31. The molecule has 0 aliphatic carbocycles. The maximum Gasteiger partial charge on any atom is 0.231 e. The fourth-order valence-corrected chi connectivity index (χ4v) is 3.14. The smallest absolute Gasteiger partial charge is 0.231 e. The molecule has 3 heterocycles. The third-order valence-corrected chi connectivity index (χ3v) is 3.88. The fraction of sp³-hybridized carbons (Fsp3) is 0.538. The second kappa shape index (κ2) is 4.61. The number of quaternary nitrogens is 1. The molecule has 1 aromatic rings. The van der Waals surface area contributed by atoms with Crippen LogP contribution in [0.3, 0.4) is 0 Å². The summed E-state index contributed by atoms with van der Waals surface area (Å²) in [5, 5.41) is 2.34. The standard InChI is InChI=1S/C13H15NO3.ClH/c1-3-14-6-11-12-8(2-4-15-11)5-10-13(9(1)12)17-7-16-10;/h5,11,14H,1-4,6-7H2;1H. The number of fused-ring (bicyclic) bond motifs is 2. The summed E-state index contributed by atoms with van der Waals surface area (Å²) < 4.78 is 17.1. The predicted molar refractivity (Wildman–Crippen MR) is 60.3 cm³/mol. The molecule has 1 unspecified atom stereocenters. The highest BCUT2D eigenvalue weighted by molar-refractivity contribution is 5.57. The molecular weight excluding hydrogens is 254 g/mol. The molecule has 18 heavy (non-hydrogen) atoms. The average molecular weight is 270 g/mol. The first-order chi connectivity index (χ1) is 8.43. The SMILES string of the molecule is [Cl-].c1c2c3c(c4c1OCO4)CC[NH2+]CC3OCC2. The van der Waals surface area contributed by atoms with Crippen molar-refractivity contribution >= 4 is 0 Å². The van der Waals surface area contributed by atoms with Gasteiger partial charge in [-0.1, -0.05) is 0 Å². The first kappa shape index (κ1) is 12.1. The number of hydrogen-bond acceptors (Lipinski definition) is 3. The van der Waals surface area contributed by atoms with Crippen LogP contribution in [0.5, 0.6) is 11.5 Å². The van der Waals surface area contributed by atoms with Gasteiger partial charge in [0.2, 0.25) is 6.79 Å². The van der Waals surface area contributed by atoms with Crippen molar-refractivity contribution in [1.29, 1.82) is 0 Å². The van der Waals surface area contributed by atoms with Gasteiger partial charge in [0.05, 0.1) is 13.2 Å². The van der Waals surface area contributed by atoms with Crippen LogP contribution in [0.15, 0.2) is 6.07 Å². The molecule has 0 amide bonds. The van der Waals surface area contributed by atoms with Crippen LogP contribution in [0.25, 0.3) is 0 Å². The first-order valence-electron chi connectivity index (χ1n) is 6.31. The van der Waals surface area contributed by atoms with E-state index < -0.39 is 0 Å². The molecule has 98 valence electrons.